The summed E-state index contributed by atoms with van der Waals surface area (Å²) in [6.45, 7) is 0.705. The maximum atomic E-state index is 12.1. The first kappa shape index (κ1) is 15.6. The van der Waals surface area contributed by atoms with Crippen LogP contribution >= 0.6 is 0 Å². The molecule has 2 rings (SSSR count). The molecule has 1 amide bonds. The summed E-state index contributed by atoms with van der Waals surface area (Å²) >= 11 is 0. The molecule has 0 radical (unpaired) electrons. The molecule has 1 aliphatic carbocycles. The zero-order valence-electron chi connectivity index (χ0n) is 12.6. The minimum atomic E-state index is -0.584. The third-order valence-corrected chi connectivity index (χ3v) is 4.33. The van der Waals surface area contributed by atoms with Gasteiger partial charge in [-0.3, -0.25) is 4.79 Å². The lowest BCUT2D eigenvalue weighted by atomic mass is 9.87. The molecule has 3 heteroatoms. The second kappa shape index (κ2) is 8.46. The predicted molar refractivity (Wildman–Crippen MR) is 83.5 cm³/mol. The summed E-state index contributed by atoms with van der Waals surface area (Å²) in [5.41, 5.74) is 1.03. The molecule has 0 bridgehead atoms. The van der Waals surface area contributed by atoms with E-state index in [1.54, 1.807) is 0 Å². The summed E-state index contributed by atoms with van der Waals surface area (Å²) in [4.78, 5) is 12.1. The van der Waals surface area contributed by atoms with Gasteiger partial charge >= 0.3 is 0 Å². The summed E-state index contributed by atoms with van der Waals surface area (Å²) in [7, 11) is 0. The van der Waals surface area contributed by atoms with Crippen LogP contribution in [0.4, 0.5) is 0 Å². The Morgan fingerprint density at radius 1 is 1.24 bits per heavy atom. The molecule has 1 N–H and O–H groups in total. The molecule has 3 nitrogen and oxygen atoms in total. The highest BCUT2D eigenvalue weighted by Crippen LogP contribution is 2.25. The molecule has 21 heavy (non-hydrogen) atoms. The van der Waals surface area contributed by atoms with Crippen molar-refractivity contribution in [3.63, 3.8) is 0 Å². The van der Waals surface area contributed by atoms with Crippen molar-refractivity contribution in [2.24, 2.45) is 11.8 Å². The van der Waals surface area contributed by atoms with E-state index in [9.17, 15) is 10.1 Å². The molecule has 0 saturated heterocycles. The van der Waals surface area contributed by atoms with E-state index in [0.717, 1.165) is 17.9 Å². The van der Waals surface area contributed by atoms with E-state index in [1.807, 2.05) is 30.3 Å². The van der Waals surface area contributed by atoms with Crippen LogP contribution in [-0.4, -0.2) is 12.5 Å². The van der Waals surface area contributed by atoms with Gasteiger partial charge in [0.1, 0.15) is 5.92 Å². The molecule has 1 aromatic rings. The van der Waals surface area contributed by atoms with Crippen molar-refractivity contribution in [1.82, 2.24) is 5.32 Å². The first-order chi connectivity index (χ1) is 10.3. The van der Waals surface area contributed by atoms with Gasteiger partial charge in [0.05, 0.1) is 6.07 Å². The third kappa shape index (κ3) is 5.23. The molecule has 0 aromatic heterocycles. The zero-order chi connectivity index (χ0) is 14.9. The van der Waals surface area contributed by atoms with Gasteiger partial charge < -0.3 is 5.32 Å². The second-order valence-electron chi connectivity index (χ2n) is 5.96. The van der Waals surface area contributed by atoms with Crippen molar-refractivity contribution < 1.29 is 4.79 Å². The first-order valence-corrected chi connectivity index (χ1v) is 8.01. The lowest BCUT2D eigenvalue weighted by Gasteiger charge is -2.21. The monoisotopic (exact) mass is 284 g/mol. The SMILES string of the molecule is N#CC(Cc1ccccc1)C(=O)NCCC1CCCCC1. The number of nitriles is 1. The Morgan fingerprint density at radius 3 is 2.62 bits per heavy atom. The highest BCUT2D eigenvalue weighted by molar-refractivity contribution is 5.81. The van der Waals surface area contributed by atoms with Crippen molar-refractivity contribution in [3.05, 3.63) is 35.9 Å². The van der Waals surface area contributed by atoms with E-state index < -0.39 is 5.92 Å². The zero-order valence-corrected chi connectivity index (χ0v) is 12.6. The van der Waals surface area contributed by atoms with Crippen LogP contribution in [0.15, 0.2) is 30.3 Å². The fourth-order valence-corrected chi connectivity index (χ4v) is 3.05. The van der Waals surface area contributed by atoms with Gasteiger partial charge in [0, 0.05) is 6.54 Å². The van der Waals surface area contributed by atoms with Crippen LogP contribution in [0.3, 0.4) is 0 Å². The number of hydrogen-bond donors (Lipinski definition) is 1. The first-order valence-electron chi connectivity index (χ1n) is 8.01. The number of nitrogens with one attached hydrogen (secondary N) is 1. The fraction of sp³-hybridized carbons (Fsp3) is 0.556. The molecular weight excluding hydrogens is 260 g/mol. The smallest absolute Gasteiger partial charge is 0.237 e. The van der Waals surface area contributed by atoms with Crippen LogP contribution in [0.1, 0.15) is 44.1 Å². The number of hydrogen-bond acceptors (Lipinski definition) is 2. The third-order valence-electron chi connectivity index (χ3n) is 4.33. The summed E-state index contributed by atoms with van der Waals surface area (Å²) < 4.78 is 0. The van der Waals surface area contributed by atoms with E-state index in [4.69, 9.17) is 0 Å². The van der Waals surface area contributed by atoms with Crippen LogP contribution in [0.25, 0.3) is 0 Å². The number of nitrogens with zero attached hydrogens (tertiary/aromatic N) is 1. The molecule has 112 valence electrons. The van der Waals surface area contributed by atoms with Gasteiger partial charge in [0.15, 0.2) is 0 Å². The maximum absolute atomic E-state index is 12.1. The molecular formula is C18H24N2O. The number of amides is 1. The van der Waals surface area contributed by atoms with Crippen molar-refractivity contribution in [1.29, 1.82) is 5.26 Å². The molecule has 1 aromatic carbocycles. The van der Waals surface area contributed by atoms with Crippen LogP contribution in [0, 0.1) is 23.2 Å². The Hall–Kier alpha value is -1.82. The van der Waals surface area contributed by atoms with E-state index >= 15 is 0 Å². The Bertz CT molecular complexity index is 472. The molecule has 1 aliphatic rings. The number of benzene rings is 1. The molecule has 1 saturated carbocycles. The lowest BCUT2D eigenvalue weighted by Crippen LogP contribution is -2.32. The number of carbonyl (C=O) groups excluding carboxylic acids is 1. The Morgan fingerprint density at radius 2 is 1.95 bits per heavy atom. The minimum Gasteiger partial charge on any atom is -0.355 e. The standard InChI is InChI=1S/C18H24N2O/c19-14-17(13-16-9-5-2-6-10-16)18(21)20-12-11-15-7-3-1-4-8-15/h2,5-6,9-10,15,17H,1,3-4,7-8,11-13H2,(H,20,21). The van der Waals surface area contributed by atoms with Crippen LogP contribution in [0.5, 0.6) is 0 Å². The Balaban J connectivity index is 1.74. The van der Waals surface area contributed by atoms with E-state index in [1.165, 1.54) is 32.1 Å². The van der Waals surface area contributed by atoms with Gasteiger partial charge in [0.25, 0.3) is 0 Å². The quantitative estimate of drug-likeness (QED) is 0.869. The normalized spacial score (nSPS) is 16.9. The van der Waals surface area contributed by atoms with Gasteiger partial charge in [-0.15, -0.1) is 0 Å². The van der Waals surface area contributed by atoms with Crippen molar-refractivity contribution in [3.8, 4) is 6.07 Å². The lowest BCUT2D eigenvalue weighted by molar-refractivity contribution is -0.123. The van der Waals surface area contributed by atoms with Crippen molar-refractivity contribution >= 4 is 5.91 Å². The van der Waals surface area contributed by atoms with Gasteiger partial charge in [-0.1, -0.05) is 62.4 Å². The van der Waals surface area contributed by atoms with Gasteiger partial charge in [-0.25, -0.2) is 0 Å². The van der Waals surface area contributed by atoms with Gasteiger partial charge in [-0.2, -0.15) is 5.26 Å². The Labute approximate surface area is 127 Å². The largest absolute Gasteiger partial charge is 0.355 e. The number of rotatable bonds is 6. The van der Waals surface area contributed by atoms with Crippen molar-refractivity contribution in [2.75, 3.05) is 6.54 Å². The van der Waals surface area contributed by atoms with Gasteiger partial charge in [-0.05, 0) is 24.3 Å². The molecule has 0 aliphatic heterocycles. The molecule has 0 spiro atoms. The minimum absolute atomic E-state index is 0.128. The summed E-state index contributed by atoms with van der Waals surface area (Å²) in [6.07, 6.45) is 8.14. The average Bonchev–Trinajstić information content (AvgIpc) is 2.54. The summed E-state index contributed by atoms with van der Waals surface area (Å²) in [5, 5.41) is 12.1. The molecule has 1 atom stereocenters. The van der Waals surface area contributed by atoms with Crippen LogP contribution in [-0.2, 0) is 11.2 Å². The summed E-state index contributed by atoms with van der Waals surface area (Å²) in [5.74, 6) is 0.0460. The second-order valence-corrected chi connectivity index (χ2v) is 5.96. The molecule has 0 heterocycles. The van der Waals surface area contributed by atoms with E-state index in [2.05, 4.69) is 11.4 Å². The maximum Gasteiger partial charge on any atom is 0.237 e. The number of carbonyl (C=O) groups is 1. The van der Waals surface area contributed by atoms with Crippen LogP contribution < -0.4 is 5.32 Å². The highest BCUT2D eigenvalue weighted by Gasteiger charge is 2.19. The average molecular weight is 284 g/mol. The van der Waals surface area contributed by atoms with Crippen molar-refractivity contribution in [2.45, 2.75) is 44.9 Å². The van der Waals surface area contributed by atoms with Gasteiger partial charge in [0.2, 0.25) is 5.91 Å². The van der Waals surface area contributed by atoms with Crippen LogP contribution in [0.2, 0.25) is 0 Å². The fourth-order valence-electron chi connectivity index (χ4n) is 3.05. The summed E-state index contributed by atoms with van der Waals surface area (Å²) in [6, 6.07) is 11.9. The molecule has 1 unspecified atom stereocenters. The molecule has 1 fully saturated rings. The predicted octanol–water partition coefficient (Wildman–Crippen LogP) is 3.46. The van der Waals surface area contributed by atoms with E-state index in [0.29, 0.717) is 13.0 Å². The topological polar surface area (TPSA) is 52.9 Å². The van der Waals surface area contributed by atoms with E-state index in [-0.39, 0.29) is 5.91 Å². The Kier molecular flexibility index (Phi) is 6.27. The highest BCUT2D eigenvalue weighted by atomic mass is 16.1.